The second-order valence-electron chi connectivity index (χ2n) is 11.8. The molecule has 5 heteroatoms. The largest absolute Gasteiger partial charge is 0.394 e. The van der Waals surface area contributed by atoms with Crippen LogP contribution in [-0.4, -0.2) is 46.1 Å². The molecule has 5 nitrogen and oxygen atoms in total. The van der Waals surface area contributed by atoms with Crippen LogP contribution < -0.4 is 5.32 Å². The third kappa shape index (κ3) is 27.0. The molecule has 0 saturated carbocycles. The average molecular weight is 554 g/mol. The Balaban J connectivity index is 3.74. The second-order valence-corrected chi connectivity index (χ2v) is 11.8. The fourth-order valence-electron chi connectivity index (χ4n) is 5.17. The summed E-state index contributed by atoms with van der Waals surface area (Å²) in [7, 11) is 0. The minimum atomic E-state index is -0.749. The van der Waals surface area contributed by atoms with Crippen molar-refractivity contribution >= 4 is 5.91 Å². The third-order valence-electron chi connectivity index (χ3n) is 7.83. The van der Waals surface area contributed by atoms with Crippen molar-refractivity contribution in [1.82, 2.24) is 5.32 Å². The number of amides is 1. The quantitative estimate of drug-likeness (QED) is 0.0530. The SMILES string of the molecule is CCCCCCCC/C=C\CCCC(O)CC(=O)NC(CO)C(O)CCCCCCCCCCCCCCC. The molecule has 0 heterocycles. The molecule has 0 aliphatic heterocycles. The zero-order valence-corrected chi connectivity index (χ0v) is 26.0. The number of rotatable bonds is 30. The Morgan fingerprint density at radius 2 is 1.05 bits per heavy atom. The normalized spacial score (nSPS) is 14.1. The van der Waals surface area contributed by atoms with Gasteiger partial charge in [0, 0.05) is 0 Å². The number of carbonyl (C=O) groups excluding carboxylic acids is 1. The Bertz CT molecular complexity index is 539. The number of unbranched alkanes of at least 4 members (excludes halogenated alkanes) is 19. The smallest absolute Gasteiger partial charge is 0.222 e. The number of aliphatic hydroxyl groups is 3. The van der Waals surface area contributed by atoms with E-state index in [1.165, 1.54) is 109 Å². The highest BCUT2D eigenvalue weighted by Crippen LogP contribution is 2.14. The lowest BCUT2D eigenvalue weighted by atomic mass is 10.0. The molecule has 232 valence electrons. The van der Waals surface area contributed by atoms with Crippen LogP contribution in [0.2, 0.25) is 0 Å². The van der Waals surface area contributed by atoms with Gasteiger partial charge >= 0.3 is 0 Å². The summed E-state index contributed by atoms with van der Waals surface area (Å²) in [5, 5.41) is 33.0. The lowest BCUT2D eigenvalue weighted by molar-refractivity contribution is -0.125. The number of nitrogens with one attached hydrogen (secondary N) is 1. The summed E-state index contributed by atoms with van der Waals surface area (Å²) in [6, 6.07) is -0.660. The maximum atomic E-state index is 12.3. The summed E-state index contributed by atoms with van der Waals surface area (Å²) in [4.78, 5) is 12.3. The highest BCUT2D eigenvalue weighted by atomic mass is 16.3. The van der Waals surface area contributed by atoms with Gasteiger partial charge in [-0.3, -0.25) is 4.79 Å². The van der Waals surface area contributed by atoms with E-state index < -0.39 is 18.2 Å². The van der Waals surface area contributed by atoms with Gasteiger partial charge in [0.05, 0.1) is 31.3 Å². The molecule has 0 fully saturated rings. The highest BCUT2D eigenvalue weighted by Gasteiger charge is 2.21. The van der Waals surface area contributed by atoms with Crippen molar-refractivity contribution in [3.05, 3.63) is 12.2 Å². The third-order valence-corrected chi connectivity index (χ3v) is 7.83. The van der Waals surface area contributed by atoms with Gasteiger partial charge in [-0.05, 0) is 38.5 Å². The van der Waals surface area contributed by atoms with E-state index in [0.29, 0.717) is 12.8 Å². The van der Waals surface area contributed by atoms with Crippen molar-refractivity contribution in [2.45, 2.75) is 193 Å². The molecule has 0 aromatic rings. The van der Waals surface area contributed by atoms with Crippen LogP contribution >= 0.6 is 0 Å². The van der Waals surface area contributed by atoms with Crippen molar-refractivity contribution in [1.29, 1.82) is 0 Å². The van der Waals surface area contributed by atoms with Crippen molar-refractivity contribution < 1.29 is 20.1 Å². The van der Waals surface area contributed by atoms with E-state index in [-0.39, 0.29) is 18.9 Å². The second kappa shape index (κ2) is 30.1. The summed E-state index contributed by atoms with van der Waals surface area (Å²) >= 11 is 0. The van der Waals surface area contributed by atoms with Gasteiger partial charge in [0.2, 0.25) is 5.91 Å². The summed E-state index contributed by atoms with van der Waals surface area (Å²) in [6.07, 6.45) is 31.6. The zero-order chi connectivity index (χ0) is 28.8. The van der Waals surface area contributed by atoms with Gasteiger partial charge in [0.25, 0.3) is 0 Å². The lowest BCUT2D eigenvalue weighted by Crippen LogP contribution is -2.46. The van der Waals surface area contributed by atoms with Crippen molar-refractivity contribution in [3.8, 4) is 0 Å². The first-order valence-corrected chi connectivity index (χ1v) is 17.0. The number of hydrogen-bond donors (Lipinski definition) is 4. The van der Waals surface area contributed by atoms with Gasteiger partial charge in [0.15, 0.2) is 0 Å². The van der Waals surface area contributed by atoms with Gasteiger partial charge in [-0.15, -0.1) is 0 Å². The van der Waals surface area contributed by atoms with E-state index in [2.05, 4.69) is 31.3 Å². The fraction of sp³-hybridized carbons (Fsp3) is 0.912. The molecule has 4 N–H and O–H groups in total. The molecular formula is C34H67NO4. The van der Waals surface area contributed by atoms with Crippen LogP contribution in [0.5, 0.6) is 0 Å². The molecular weight excluding hydrogens is 486 g/mol. The Morgan fingerprint density at radius 1 is 0.615 bits per heavy atom. The predicted octanol–water partition coefficient (Wildman–Crippen LogP) is 8.53. The molecule has 0 radical (unpaired) electrons. The fourth-order valence-corrected chi connectivity index (χ4v) is 5.17. The first-order valence-electron chi connectivity index (χ1n) is 17.0. The first kappa shape index (κ1) is 38.1. The van der Waals surface area contributed by atoms with Crippen LogP contribution in [0, 0.1) is 0 Å². The predicted molar refractivity (Wildman–Crippen MR) is 167 cm³/mol. The first-order chi connectivity index (χ1) is 19.0. The average Bonchev–Trinajstić information content (AvgIpc) is 2.92. The Kier molecular flexibility index (Phi) is 29.4. The molecule has 0 aliphatic rings. The van der Waals surface area contributed by atoms with E-state index in [4.69, 9.17) is 0 Å². The summed E-state index contributed by atoms with van der Waals surface area (Å²) < 4.78 is 0. The highest BCUT2D eigenvalue weighted by molar-refractivity contribution is 5.76. The summed E-state index contributed by atoms with van der Waals surface area (Å²) in [5.74, 6) is -0.301. The lowest BCUT2D eigenvalue weighted by Gasteiger charge is -2.23. The van der Waals surface area contributed by atoms with Crippen molar-refractivity contribution in [2.75, 3.05) is 6.61 Å². The minimum Gasteiger partial charge on any atom is -0.394 e. The van der Waals surface area contributed by atoms with E-state index >= 15 is 0 Å². The van der Waals surface area contributed by atoms with E-state index in [1.807, 2.05) is 0 Å². The molecule has 0 bridgehead atoms. The van der Waals surface area contributed by atoms with Crippen LogP contribution in [-0.2, 0) is 4.79 Å². The summed E-state index contributed by atoms with van der Waals surface area (Å²) in [6.45, 7) is 4.21. The number of hydrogen-bond acceptors (Lipinski definition) is 4. The molecule has 0 aliphatic carbocycles. The van der Waals surface area contributed by atoms with Crippen LogP contribution in [0.4, 0.5) is 0 Å². The standard InChI is InChI=1S/C34H67NO4/c1-3-5-7-9-11-13-15-16-18-20-22-24-26-28-33(38)32(30-36)35-34(39)29-31(37)27-25-23-21-19-17-14-12-10-8-6-4-2/h19,21,31-33,36-38H,3-18,20,22-30H2,1-2H3,(H,35,39)/b21-19-. The minimum absolute atomic E-state index is 0.0173. The maximum Gasteiger partial charge on any atom is 0.222 e. The maximum absolute atomic E-state index is 12.3. The molecule has 1 amide bonds. The number of allylic oxidation sites excluding steroid dienone is 2. The molecule has 3 unspecified atom stereocenters. The van der Waals surface area contributed by atoms with Crippen LogP contribution in [0.15, 0.2) is 12.2 Å². The molecule has 3 atom stereocenters. The Morgan fingerprint density at radius 3 is 1.54 bits per heavy atom. The van der Waals surface area contributed by atoms with Gasteiger partial charge in [-0.25, -0.2) is 0 Å². The van der Waals surface area contributed by atoms with Crippen LogP contribution in [0.25, 0.3) is 0 Å². The topological polar surface area (TPSA) is 89.8 Å². The van der Waals surface area contributed by atoms with Gasteiger partial charge in [0.1, 0.15) is 0 Å². The zero-order valence-electron chi connectivity index (χ0n) is 26.0. The van der Waals surface area contributed by atoms with Crippen LogP contribution in [0.1, 0.15) is 174 Å². The molecule has 0 rings (SSSR count). The molecule has 0 aromatic heterocycles. The van der Waals surface area contributed by atoms with E-state index in [1.54, 1.807) is 0 Å². The number of aliphatic hydroxyl groups excluding tert-OH is 3. The molecule has 0 spiro atoms. The van der Waals surface area contributed by atoms with Crippen molar-refractivity contribution in [3.63, 3.8) is 0 Å². The number of carbonyl (C=O) groups is 1. The monoisotopic (exact) mass is 554 g/mol. The van der Waals surface area contributed by atoms with Crippen molar-refractivity contribution in [2.24, 2.45) is 0 Å². The van der Waals surface area contributed by atoms with E-state index in [0.717, 1.165) is 32.1 Å². The Hall–Kier alpha value is -0.910. The molecule has 39 heavy (non-hydrogen) atoms. The van der Waals surface area contributed by atoms with Crippen LogP contribution in [0.3, 0.4) is 0 Å². The van der Waals surface area contributed by atoms with Gasteiger partial charge in [-0.1, -0.05) is 142 Å². The van der Waals surface area contributed by atoms with Gasteiger partial charge < -0.3 is 20.6 Å². The van der Waals surface area contributed by atoms with E-state index in [9.17, 15) is 20.1 Å². The molecule has 0 aromatic carbocycles. The van der Waals surface area contributed by atoms with Gasteiger partial charge in [-0.2, -0.15) is 0 Å². The Labute approximate surface area is 242 Å². The summed E-state index contributed by atoms with van der Waals surface area (Å²) in [5.41, 5.74) is 0. The molecule has 0 saturated heterocycles.